The van der Waals surface area contributed by atoms with Crippen LogP contribution in [0.3, 0.4) is 0 Å². The van der Waals surface area contributed by atoms with Crippen molar-refractivity contribution < 1.29 is 0 Å². The number of aromatic nitrogens is 1. The number of para-hydroxylation sites is 2. The quantitative estimate of drug-likeness (QED) is 0.107. The lowest BCUT2D eigenvalue weighted by molar-refractivity contribution is 0.590. The maximum Gasteiger partial charge on any atom is 0.252 e. The predicted octanol–water partition coefficient (Wildman–Crippen LogP) is 26.0. The molecule has 0 amide bonds. The third-order valence-electron chi connectivity index (χ3n) is 22.0. The molecule has 3 heterocycles. The van der Waals surface area contributed by atoms with Crippen molar-refractivity contribution in [3.05, 3.63) is 312 Å². The maximum absolute atomic E-state index is 2.73. The second-order valence-electron chi connectivity index (χ2n) is 32.0. The first-order valence-corrected chi connectivity index (χ1v) is 37.1. The second-order valence-corrected chi connectivity index (χ2v) is 32.0. The molecule has 0 aliphatic carbocycles. The van der Waals surface area contributed by atoms with Gasteiger partial charge in [0.1, 0.15) is 0 Å². The van der Waals surface area contributed by atoms with Crippen LogP contribution in [0.25, 0.3) is 94.3 Å². The van der Waals surface area contributed by atoms with Gasteiger partial charge in [0.05, 0.1) is 28.1 Å². The van der Waals surface area contributed by atoms with Gasteiger partial charge in [-0.3, -0.25) is 0 Å². The van der Waals surface area contributed by atoms with Crippen molar-refractivity contribution in [3.8, 4) is 72.4 Å². The van der Waals surface area contributed by atoms with E-state index in [0.29, 0.717) is 11.8 Å². The van der Waals surface area contributed by atoms with Crippen LogP contribution >= 0.6 is 0 Å². The molecule has 0 saturated heterocycles. The number of anilines is 6. The zero-order chi connectivity index (χ0) is 70.6. The topological polar surface area (TPSA) is 11.4 Å². The molecule has 0 saturated carbocycles. The molecule has 4 heteroatoms. The average molecular weight is 1320 g/mol. The first-order chi connectivity index (χ1) is 49.2. The van der Waals surface area contributed by atoms with E-state index >= 15 is 0 Å². The molecule has 0 atom stereocenters. The van der Waals surface area contributed by atoms with Crippen molar-refractivity contribution >= 4 is 79.0 Å². The summed E-state index contributed by atoms with van der Waals surface area (Å²) >= 11 is 0. The zero-order valence-electron chi connectivity index (χ0n) is 61.8. The Kier molecular flexibility index (Phi) is 16.6. The van der Waals surface area contributed by atoms with E-state index in [1.54, 1.807) is 0 Å². The van der Waals surface area contributed by atoms with Gasteiger partial charge in [-0.2, -0.15) is 0 Å². The van der Waals surface area contributed by atoms with Crippen molar-refractivity contribution in [2.75, 3.05) is 9.80 Å². The first kappa shape index (κ1) is 65.9. The summed E-state index contributed by atoms with van der Waals surface area (Å²) in [6, 6.07) is 108. The summed E-state index contributed by atoms with van der Waals surface area (Å²) in [5, 5.41) is 2.50. The molecule has 2 aliphatic heterocycles. The fourth-order valence-corrected chi connectivity index (χ4v) is 16.5. The van der Waals surface area contributed by atoms with Crippen LogP contribution in [0.4, 0.5) is 34.1 Å². The molecule has 13 aromatic carbocycles. The predicted molar refractivity (Wildman–Crippen MR) is 441 cm³/mol. The Hall–Kier alpha value is -10.7. The van der Waals surface area contributed by atoms with E-state index in [1.807, 2.05) is 0 Å². The van der Waals surface area contributed by atoms with Gasteiger partial charge in [0.2, 0.25) is 0 Å². The van der Waals surface area contributed by atoms with Gasteiger partial charge in [-0.25, -0.2) is 0 Å². The Bertz CT molecular complexity index is 5090. The Balaban J connectivity index is 1.13. The second kappa shape index (κ2) is 25.7. The van der Waals surface area contributed by atoms with E-state index in [2.05, 4.69) is 390 Å². The summed E-state index contributed by atoms with van der Waals surface area (Å²) in [6.45, 7) is 32.5. The highest BCUT2D eigenvalue weighted by molar-refractivity contribution is 7.00. The molecule has 0 unspecified atom stereocenters. The van der Waals surface area contributed by atoms with E-state index in [9.17, 15) is 0 Å². The lowest BCUT2D eigenvalue weighted by Crippen LogP contribution is -2.61. The third-order valence-corrected chi connectivity index (χ3v) is 22.0. The molecule has 14 aromatic rings. The Morgan fingerprint density at radius 1 is 0.284 bits per heavy atom. The molecule has 0 N–H and O–H groups in total. The minimum absolute atomic E-state index is 0.0846. The molecule has 0 bridgehead atoms. The Morgan fingerprint density at radius 3 is 0.961 bits per heavy atom. The van der Waals surface area contributed by atoms with Crippen molar-refractivity contribution in [2.24, 2.45) is 0 Å². The van der Waals surface area contributed by atoms with Gasteiger partial charge in [0, 0.05) is 55.8 Å². The molecule has 0 radical (unpaired) electrons. The van der Waals surface area contributed by atoms with Gasteiger partial charge >= 0.3 is 0 Å². The highest BCUT2D eigenvalue weighted by Crippen LogP contribution is 2.55. The average Bonchev–Trinajstić information content (AvgIpc) is 0.814. The lowest BCUT2D eigenvalue weighted by Gasteiger charge is -2.46. The zero-order valence-corrected chi connectivity index (χ0v) is 61.8. The summed E-state index contributed by atoms with van der Waals surface area (Å²) in [5.74, 6) is 1.35. The van der Waals surface area contributed by atoms with Gasteiger partial charge < -0.3 is 14.4 Å². The van der Waals surface area contributed by atoms with Crippen LogP contribution in [-0.4, -0.2) is 11.3 Å². The minimum atomic E-state index is -0.222. The molecule has 0 spiro atoms. The van der Waals surface area contributed by atoms with Crippen LogP contribution in [-0.2, 0) is 10.8 Å². The molecule has 0 fully saturated rings. The van der Waals surface area contributed by atoms with Crippen LogP contribution in [0.15, 0.2) is 279 Å². The normalized spacial score (nSPS) is 12.9. The van der Waals surface area contributed by atoms with Crippen LogP contribution in [0.1, 0.15) is 154 Å². The van der Waals surface area contributed by atoms with E-state index in [4.69, 9.17) is 0 Å². The monoisotopic (exact) mass is 1320 g/mol. The van der Waals surface area contributed by atoms with Gasteiger partial charge in [-0.05, 0) is 177 Å². The van der Waals surface area contributed by atoms with E-state index in [0.717, 1.165) is 84.3 Å². The first-order valence-electron chi connectivity index (χ1n) is 37.1. The summed E-state index contributed by atoms with van der Waals surface area (Å²) in [6.07, 6.45) is 0. The number of fused-ring (bicyclic) bond motifs is 7. The third kappa shape index (κ3) is 11.4. The molecular formula is C98H92BN3. The number of hydrogen-bond donors (Lipinski definition) is 0. The van der Waals surface area contributed by atoms with Crippen LogP contribution in [0.2, 0.25) is 0 Å². The number of nitrogens with zero attached hydrogens (tertiary/aromatic N) is 3. The van der Waals surface area contributed by atoms with Gasteiger partial charge in [-0.15, -0.1) is 0 Å². The highest BCUT2D eigenvalue weighted by Gasteiger charge is 2.46. The van der Waals surface area contributed by atoms with Crippen molar-refractivity contribution in [2.45, 2.75) is 131 Å². The summed E-state index contributed by atoms with van der Waals surface area (Å²) in [4.78, 5) is 5.46. The van der Waals surface area contributed by atoms with Crippen LogP contribution in [0, 0.1) is 0 Å². The number of rotatable bonds is 13. The van der Waals surface area contributed by atoms with Gasteiger partial charge in [0.15, 0.2) is 0 Å². The Morgan fingerprint density at radius 2 is 0.637 bits per heavy atom. The molecular weight excluding hydrogens is 1230 g/mol. The van der Waals surface area contributed by atoms with Gasteiger partial charge in [0.25, 0.3) is 6.71 Å². The maximum atomic E-state index is 2.73. The van der Waals surface area contributed by atoms with Crippen LogP contribution < -0.4 is 26.2 Å². The fourth-order valence-electron chi connectivity index (χ4n) is 16.5. The summed E-state index contributed by atoms with van der Waals surface area (Å²) < 4.78 is 2.61. The van der Waals surface area contributed by atoms with Crippen molar-refractivity contribution in [3.63, 3.8) is 0 Å². The smallest absolute Gasteiger partial charge is 0.252 e. The Labute approximate surface area is 605 Å². The van der Waals surface area contributed by atoms with E-state index in [-0.39, 0.29) is 29.4 Å². The number of hydrogen-bond acceptors (Lipinski definition) is 2. The lowest BCUT2D eigenvalue weighted by atomic mass is 9.33. The largest absolute Gasteiger partial charge is 0.310 e. The minimum Gasteiger partial charge on any atom is -0.310 e. The highest BCUT2D eigenvalue weighted by atomic mass is 15.2. The molecule has 2 aliphatic rings. The molecule has 16 rings (SSSR count). The standard InChI is InChI=1S/C98H92BN3/c1-61(2)69-41-47-76(82(53-69)63(5)6)71-43-49-86-90(55-71)101(95-78(65-29-19-15-20-30-65)37-27-38-79(95)66-31-21-16-22-32-66)92-59-75(100-88-51-45-73(97(9,10)11)57-84(88)85-58-74(98(12,13)14)46-52-89(85)100)60-93-94(92)99(86)87-50-44-72(77-48-42-70(62(3)4)54-83(77)64(7)8)56-91(87)102(93)96-80(67-33-23-17-24-34-67)39-28-40-81(96)68-35-25-18-26-36-68/h15-64H,1-14H3. The number of benzene rings is 13. The summed E-state index contributed by atoms with van der Waals surface area (Å²) in [7, 11) is 0. The molecule has 102 heavy (non-hydrogen) atoms. The van der Waals surface area contributed by atoms with E-state index in [1.165, 1.54) is 93.8 Å². The molecule has 1 aromatic heterocycles. The SMILES string of the molecule is CC(C)c1ccc(-c2ccc3c(c2)N(c2c(-c4ccccc4)cccc2-c2ccccc2)c2cc(-n4c5ccc(C(C)(C)C)cc5c5cc(C(C)(C)C)ccc54)cc4c2B3c2ccc(-c3ccc(C(C)C)cc3C(C)C)cc2N4c2c(-c3ccccc3)cccc2-c2ccccc2)c(C(C)C)c1. The fraction of sp³-hybridized carbons (Fsp3) is 0.204. The van der Waals surface area contributed by atoms with Crippen molar-refractivity contribution in [1.29, 1.82) is 0 Å². The van der Waals surface area contributed by atoms with Gasteiger partial charge in [-0.1, -0.05) is 327 Å². The van der Waals surface area contributed by atoms with E-state index < -0.39 is 0 Å². The molecule has 3 nitrogen and oxygen atoms in total. The van der Waals surface area contributed by atoms with Crippen molar-refractivity contribution in [1.82, 2.24) is 4.57 Å². The summed E-state index contributed by atoms with van der Waals surface area (Å²) in [5.41, 5.74) is 36.1. The molecule has 502 valence electrons. The van der Waals surface area contributed by atoms with Crippen LogP contribution in [0.5, 0.6) is 0 Å².